The molecule has 0 aromatic heterocycles. The average molecular weight is 443 g/mol. The summed E-state index contributed by atoms with van der Waals surface area (Å²) >= 11 is 0. The lowest BCUT2D eigenvalue weighted by Crippen LogP contribution is -2.50. The van der Waals surface area contributed by atoms with E-state index in [9.17, 15) is 4.79 Å². The first-order chi connectivity index (χ1) is 15.1. The molecule has 0 spiro atoms. The number of hydrogen-bond donors (Lipinski definition) is 0. The smallest absolute Gasteiger partial charge is 0.302 e. The zero-order valence-electron chi connectivity index (χ0n) is 22.1. The lowest BCUT2D eigenvalue weighted by atomic mass is 9.47. The van der Waals surface area contributed by atoms with Gasteiger partial charge in [0, 0.05) is 6.92 Å². The average Bonchev–Trinajstić information content (AvgIpc) is 3.08. The fraction of sp³-hybridized carbons (Fsp3) is 0.900. The van der Waals surface area contributed by atoms with Crippen LogP contribution in [0, 0.1) is 52.3 Å². The molecule has 0 bridgehead atoms. The summed E-state index contributed by atoms with van der Waals surface area (Å²) in [5, 5.41) is 0. The second-order valence-electron chi connectivity index (χ2n) is 13.3. The van der Waals surface area contributed by atoms with Gasteiger partial charge in [-0.05, 0) is 104 Å². The van der Waals surface area contributed by atoms with Gasteiger partial charge in [-0.3, -0.25) is 4.79 Å². The molecule has 0 aromatic carbocycles. The molecular weight excluding hydrogens is 392 g/mol. The van der Waals surface area contributed by atoms with Gasteiger partial charge in [-0.15, -0.1) is 0 Å². The van der Waals surface area contributed by atoms with E-state index in [1.165, 1.54) is 51.4 Å². The molecule has 0 saturated heterocycles. The van der Waals surface area contributed by atoms with Crippen LogP contribution in [-0.4, -0.2) is 12.1 Å². The highest BCUT2D eigenvalue weighted by molar-refractivity contribution is 5.66. The van der Waals surface area contributed by atoms with Crippen LogP contribution in [0.3, 0.4) is 0 Å². The minimum Gasteiger partial charge on any atom is -0.463 e. The molecule has 4 aliphatic carbocycles. The second-order valence-corrected chi connectivity index (χ2v) is 13.3. The van der Waals surface area contributed by atoms with Gasteiger partial charge >= 0.3 is 5.97 Å². The summed E-state index contributed by atoms with van der Waals surface area (Å²) in [4.78, 5) is 11.5. The number of carbonyl (C=O) groups excluding carboxylic acids is 1. The van der Waals surface area contributed by atoms with E-state index in [0.717, 1.165) is 48.3 Å². The van der Waals surface area contributed by atoms with Crippen molar-refractivity contribution in [3.63, 3.8) is 0 Å². The first-order valence-corrected chi connectivity index (χ1v) is 13.9. The zero-order chi connectivity index (χ0) is 23.3. The van der Waals surface area contributed by atoms with Gasteiger partial charge in [0.05, 0.1) is 0 Å². The molecule has 9 unspecified atom stereocenters. The highest BCUT2D eigenvalue weighted by Gasteiger charge is 2.58. The van der Waals surface area contributed by atoms with E-state index in [2.05, 4.69) is 47.6 Å². The number of hydrogen-bond acceptors (Lipinski definition) is 2. The molecule has 4 rings (SSSR count). The highest BCUT2D eigenvalue weighted by atomic mass is 16.5. The molecule has 9 atom stereocenters. The molecular formula is C30H50O2. The molecule has 0 aliphatic heterocycles. The SMILES string of the molecule is CC(=O)OC1CCC2(C)C(CC=C3C2CCC2(C)C3CCC2C(C)CCC(C)C(C)C)C1. The third kappa shape index (κ3) is 4.22. The van der Waals surface area contributed by atoms with Crippen LogP contribution in [-0.2, 0) is 9.53 Å². The van der Waals surface area contributed by atoms with Crippen LogP contribution >= 0.6 is 0 Å². The third-order valence-corrected chi connectivity index (χ3v) is 11.3. The maximum atomic E-state index is 11.5. The molecule has 0 heterocycles. The molecule has 182 valence electrons. The van der Waals surface area contributed by atoms with Crippen molar-refractivity contribution in [2.45, 2.75) is 119 Å². The van der Waals surface area contributed by atoms with Crippen molar-refractivity contribution in [3.05, 3.63) is 11.6 Å². The Bertz CT molecular complexity index is 722. The summed E-state index contributed by atoms with van der Waals surface area (Å²) in [6.45, 7) is 16.6. The molecule has 2 nitrogen and oxygen atoms in total. The van der Waals surface area contributed by atoms with Crippen molar-refractivity contribution in [3.8, 4) is 0 Å². The van der Waals surface area contributed by atoms with Crippen molar-refractivity contribution in [2.24, 2.45) is 52.3 Å². The quantitative estimate of drug-likeness (QED) is 0.306. The molecule has 3 saturated carbocycles. The number of rotatable bonds is 6. The van der Waals surface area contributed by atoms with Crippen LogP contribution in [0.2, 0.25) is 0 Å². The van der Waals surface area contributed by atoms with Crippen LogP contribution in [0.5, 0.6) is 0 Å². The monoisotopic (exact) mass is 442 g/mol. The Balaban J connectivity index is 1.47. The Kier molecular flexibility index (Phi) is 6.92. The van der Waals surface area contributed by atoms with Gasteiger partial charge in [0.15, 0.2) is 0 Å². The largest absolute Gasteiger partial charge is 0.463 e. The van der Waals surface area contributed by atoms with Gasteiger partial charge in [0.1, 0.15) is 6.10 Å². The maximum absolute atomic E-state index is 11.5. The van der Waals surface area contributed by atoms with Gasteiger partial charge in [0.25, 0.3) is 0 Å². The van der Waals surface area contributed by atoms with E-state index in [-0.39, 0.29) is 12.1 Å². The predicted octanol–water partition coefficient (Wildman–Crippen LogP) is 8.21. The van der Waals surface area contributed by atoms with E-state index in [1.54, 1.807) is 6.92 Å². The van der Waals surface area contributed by atoms with E-state index >= 15 is 0 Å². The first-order valence-electron chi connectivity index (χ1n) is 13.9. The third-order valence-electron chi connectivity index (χ3n) is 11.3. The summed E-state index contributed by atoms with van der Waals surface area (Å²) in [5.74, 6) is 5.58. The number of carbonyl (C=O) groups is 1. The Labute approximate surface area is 198 Å². The topological polar surface area (TPSA) is 26.3 Å². The highest BCUT2D eigenvalue weighted by Crippen LogP contribution is 2.67. The fourth-order valence-electron chi connectivity index (χ4n) is 8.85. The lowest BCUT2D eigenvalue weighted by molar-refractivity contribution is -0.152. The zero-order valence-corrected chi connectivity index (χ0v) is 22.1. The summed E-state index contributed by atoms with van der Waals surface area (Å²) in [7, 11) is 0. The minimum atomic E-state index is -0.104. The van der Waals surface area contributed by atoms with Crippen molar-refractivity contribution in [1.29, 1.82) is 0 Å². The van der Waals surface area contributed by atoms with Gasteiger partial charge in [-0.25, -0.2) is 0 Å². The van der Waals surface area contributed by atoms with Gasteiger partial charge in [-0.1, -0.05) is 66.0 Å². The van der Waals surface area contributed by atoms with Crippen LogP contribution in [0.25, 0.3) is 0 Å². The number of esters is 1. The fourth-order valence-corrected chi connectivity index (χ4v) is 8.85. The summed E-state index contributed by atoms with van der Waals surface area (Å²) in [5.41, 5.74) is 2.79. The van der Waals surface area contributed by atoms with Crippen molar-refractivity contribution in [2.75, 3.05) is 0 Å². The standard InChI is InChI=1S/C30H50O2/c1-19(2)20(3)8-9-21(4)26-12-13-27-25-11-10-23-18-24(32-22(5)31)14-16-29(23,6)28(25)15-17-30(26,27)7/h11,19-21,23-24,26-28H,8-10,12-18H2,1-7H3. The Morgan fingerprint density at radius 3 is 2.38 bits per heavy atom. The van der Waals surface area contributed by atoms with Crippen LogP contribution in [0.1, 0.15) is 113 Å². The Hall–Kier alpha value is -0.790. The van der Waals surface area contributed by atoms with E-state index in [1.807, 2.05) is 5.57 Å². The van der Waals surface area contributed by atoms with Crippen molar-refractivity contribution >= 4 is 5.97 Å². The normalized spacial score (nSPS) is 43.0. The molecule has 3 fully saturated rings. The molecule has 2 heteroatoms. The molecule has 0 radical (unpaired) electrons. The predicted molar refractivity (Wildman–Crippen MR) is 133 cm³/mol. The van der Waals surface area contributed by atoms with Crippen LogP contribution in [0.15, 0.2) is 11.6 Å². The van der Waals surface area contributed by atoms with E-state index in [0.29, 0.717) is 16.7 Å². The number of ether oxygens (including phenoxy) is 1. The van der Waals surface area contributed by atoms with Crippen molar-refractivity contribution in [1.82, 2.24) is 0 Å². The summed E-state index contributed by atoms with van der Waals surface area (Å²) < 4.78 is 5.64. The van der Waals surface area contributed by atoms with Gasteiger partial charge in [-0.2, -0.15) is 0 Å². The number of fused-ring (bicyclic) bond motifs is 5. The maximum Gasteiger partial charge on any atom is 0.302 e. The Morgan fingerprint density at radius 2 is 1.69 bits per heavy atom. The van der Waals surface area contributed by atoms with Gasteiger partial charge < -0.3 is 4.74 Å². The molecule has 0 aromatic rings. The molecule has 0 N–H and O–H groups in total. The molecule has 0 amide bonds. The summed E-state index contributed by atoms with van der Waals surface area (Å²) in [6, 6.07) is 0. The first kappa shape index (κ1) is 24.3. The van der Waals surface area contributed by atoms with E-state index < -0.39 is 0 Å². The van der Waals surface area contributed by atoms with Crippen molar-refractivity contribution < 1.29 is 9.53 Å². The molecule has 4 aliphatic rings. The number of allylic oxidation sites excluding steroid dienone is 2. The minimum absolute atomic E-state index is 0.104. The van der Waals surface area contributed by atoms with Gasteiger partial charge in [0.2, 0.25) is 0 Å². The van der Waals surface area contributed by atoms with E-state index in [4.69, 9.17) is 4.74 Å². The second kappa shape index (κ2) is 9.10. The van der Waals surface area contributed by atoms with Crippen LogP contribution < -0.4 is 0 Å². The Morgan fingerprint density at radius 1 is 1.00 bits per heavy atom. The lowest BCUT2D eigenvalue weighted by Gasteiger charge is -2.58. The van der Waals surface area contributed by atoms with Crippen LogP contribution in [0.4, 0.5) is 0 Å². The molecule has 32 heavy (non-hydrogen) atoms. The summed E-state index contributed by atoms with van der Waals surface area (Å²) in [6.07, 6.45) is 15.9.